The second-order valence-corrected chi connectivity index (χ2v) is 7.76. The molecule has 1 aliphatic rings. The lowest BCUT2D eigenvalue weighted by Crippen LogP contribution is -2.35. The van der Waals surface area contributed by atoms with Gasteiger partial charge in [-0.2, -0.15) is 5.26 Å². The van der Waals surface area contributed by atoms with Crippen molar-refractivity contribution in [1.29, 1.82) is 5.26 Å². The Bertz CT molecular complexity index is 899. The smallest absolute Gasteiger partial charge is 0.260 e. The third kappa shape index (κ3) is 3.77. The van der Waals surface area contributed by atoms with Crippen molar-refractivity contribution < 1.29 is 14.3 Å². The van der Waals surface area contributed by atoms with Gasteiger partial charge >= 0.3 is 0 Å². The molecule has 1 N–H and O–H groups in total. The van der Waals surface area contributed by atoms with Crippen LogP contribution in [0.1, 0.15) is 40.2 Å². The zero-order valence-electron chi connectivity index (χ0n) is 16.0. The predicted molar refractivity (Wildman–Crippen MR) is 106 cm³/mol. The molecule has 27 heavy (non-hydrogen) atoms. The fourth-order valence-corrected chi connectivity index (χ4v) is 4.45. The Morgan fingerprint density at radius 1 is 1.33 bits per heavy atom. The fraction of sp³-hybridized carbons (Fsp3) is 0.400. The second kappa shape index (κ2) is 7.99. The first kappa shape index (κ1) is 19.2. The van der Waals surface area contributed by atoms with Crippen molar-refractivity contribution >= 4 is 22.2 Å². The largest absolute Gasteiger partial charge is 0.497 e. The summed E-state index contributed by atoms with van der Waals surface area (Å²) in [5.41, 5.74) is 2.05. The van der Waals surface area contributed by atoms with Crippen LogP contribution in [0.15, 0.2) is 18.2 Å². The normalized spacial score (nSPS) is 13.8. The fourth-order valence-electron chi connectivity index (χ4n) is 3.23. The van der Waals surface area contributed by atoms with Crippen LogP contribution in [0.25, 0.3) is 0 Å². The first-order valence-electron chi connectivity index (χ1n) is 8.80. The molecule has 7 heteroatoms. The molecule has 0 fully saturated rings. The number of anilines is 1. The van der Waals surface area contributed by atoms with Gasteiger partial charge in [0.2, 0.25) is 0 Å². The Morgan fingerprint density at radius 3 is 2.74 bits per heavy atom. The number of amides is 1. The molecular formula is C20H23N3O3S. The van der Waals surface area contributed by atoms with E-state index in [2.05, 4.69) is 30.1 Å². The lowest BCUT2D eigenvalue weighted by atomic mass is 10.0. The molecule has 1 aromatic heterocycles. The average Bonchev–Trinajstić information content (AvgIpc) is 3.03. The van der Waals surface area contributed by atoms with E-state index in [-0.39, 0.29) is 5.91 Å². The van der Waals surface area contributed by atoms with Gasteiger partial charge in [-0.05, 0) is 38.0 Å². The van der Waals surface area contributed by atoms with Gasteiger partial charge in [-0.3, -0.25) is 9.69 Å². The number of carbonyl (C=O) groups is 1. The van der Waals surface area contributed by atoms with Crippen LogP contribution >= 0.6 is 11.3 Å². The van der Waals surface area contributed by atoms with Crippen molar-refractivity contribution in [3.05, 3.63) is 39.8 Å². The number of fused-ring (bicyclic) bond motifs is 1. The van der Waals surface area contributed by atoms with E-state index in [9.17, 15) is 10.1 Å². The Kier molecular flexibility index (Phi) is 5.68. The van der Waals surface area contributed by atoms with Crippen molar-refractivity contribution in [2.75, 3.05) is 26.1 Å². The van der Waals surface area contributed by atoms with Crippen molar-refractivity contribution in [2.24, 2.45) is 0 Å². The summed E-state index contributed by atoms with van der Waals surface area (Å²) in [6.45, 7) is 6.08. The molecule has 0 atom stereocenters. The molecule has 1 aromatic carbocycles. The standard InChI is InChI=1S/C20H23N3O3S/c1-12(2)23-8-7-14-16(10-21)20(27-18(14)11-23)22-19(24)15-6-5-13(25-3)9-17(15)26-4/h5-6,9,12H,7-8,11H2,1-4H3,(H,22,24). The Balaban J connectivity index is 1.88. The molecule has 2 aromatic rings. The molecule has 1 aliphatic heterocycles. The SMILES string of the molecule is COc1ccc(C(=O)Nc2sc3c(c2C#N)CCN(C(C)C)C3)c(OC)c1. The van der Waals surface area contributed by atoms with Crippen LogP contribution < -0.4 is 14.8 Å². The van der Waals surface area contributed by atoms with Crippen LogP contribution in [-0.4, -0.2) is 37.6 Å². The number of thiophene rings is 1. The van der Waals surface area contributed by atoms with Crippen LogP contribution in [0.4, 0.5) is 5.00 Å². The van der Waals surface area contributed by atoms with Crippen molar-refractivity contribution in [2.45, 2.75) is 32.9 Å². The van der Waals surface area contributed by atoms with Crippen LogP contribution in [0.3, 0.4) is 0 Å². The summed E-state index contributed by atoms with van der Waals surface area (Å²) >= 11 is 1.49. The third-order valence-corrected chi connectivity index (χ3v) is 5.94. The molecule has 0 spiro atoms. The Morgan fingerprint density at radius 2 is 2.11 bits per heavy atom. The van der Waals surface area contributed by atoms with Gasteiger partial charge in [-0.1, -0.05) is 0 Å². The number of carbonyl (C=O) groups excluding carboxylic acids is 1. The van der Waals surface area contributed by atoms with Gasteiger partial charge in [-0.25, -0.2) is 0 Å². The van der Waals surface area contributed by atoms with E-state index in [1.165, 1.54) is 18.4 Å². The number of hydrogen-bond acceptors (Lipinski definition) is 6. The highest BCUT2D eigenvalue weighted by atomic mass is 32.1. The van der Waals surface area contributed by atoms with Gasteiger partial charge in [0.05, 0.1) is 25.3 Å². The van der Waals surface area contributed by atoms with E-state index >= 15 is 0 Å². The van der Waals surface area contributed by atoms with Crippen LogP contribution in [-0.2, 0) is 13.0 Å². The summed E-state index contributed by atoms with van der Waals surface area (Å²) in [5.74, 6) is 0.740. The molecule has 142 valence electrons. The van der Waals surface area contributed by atoms with Crippen LogP contribution in [0, 0.1) is 11.3 Å². The number of methoxy groups -OCH3 is 2. The first-order chi connectivity index (χ1) is 13.0. The van der Waals surface area contributed by atoms with Gasteiger partial charge in [0.1, 0.15) is 22.6 Å². The summed E-state index contributed by atoms with van der Waals surface area (Å²) in [4.78, 5) is 16.3. The Labute approximate surface area is 163 Å². The zero-order chi connectivity index (χ0) is 19.6. The highest BCUT2D eigenvalue weighted by Crippen LogP contribution is 2.37. The number of nitrogens with zero attached hydrogens (tertiary/aromatic N) is 2. The number of ether oxygens (including phenoxy) is 2. The van der Waals surface area contributed by atoms with E-state index < -0.39 is 0 Å². The summed E-state index contributed by atoms with van der Waals surface area (Å²) in [7, 11) is 3.07. The van der Waals surface area contributed by atoms with Crippen molar-refractivity contribution in [1.82, 2.24) is 4.90 Å². The van der Waals surface area contributed by atoms with Gasteiger partial charge in [0.15, 0.2) is 0 Å². The number of benzene rings is 1. The minimum absolute atomic E-state index is 0.301. The minimum Gasteiger partial charge on any atom is -0.497 e. The number of rotatable bonds is 5. The molecule has 0 saturated carbocycles. The monoisotopic (exact) mass is 385 g/mol. The summed E-state index contributed by atoms with van der Waals surface area (Å²) in [5, 5.41) is 13.2. The van der Waals surface area contributed by atoms with E-state index in [0.717, 1.165) is 30.0 Å². The zero-order valence-corrected chi connectivity index (χ0v) is 16.8. The molecule has 0 bridgehead atoms. The topological polar surface area (TPSA) is 74.6 Å². The molecule has 0 unspecified atom stereocenters. The highest BCUT2D eigenvalue weighted by molar-refractivity contribution is 7.16. The quantitative estimate of drug-likeness (QED) is 0.850. The molecule has 3 rings (SSSR count). The third-order valence-electron chi connectivity index (χ3n) is 4.81. The van der Waals surface area contributed by atoms with Gasteiger partial charge < -0.3 is 14.8 Å². The van der Waals surface area contributed by atoms with E-state index in [1.807, 2.05) is 0 Å². The maximum absolute atomic E-state index is 12.8. The van der Waals surface area contributed by atoms with Gasteiger partial charge in [0, 0.05) is 30.1 Å². The maximum atomic E-state index is 12.8. The molecular weight excluding hydrogens is 362 g/mol. The Hall–Kier alpha value is -2.56. The first-order valence-corrected chi connectivity index (χ1v) is 9.62. The highest BCUT2D eigenvalue weighted by Gasteiger charge is 2.26. The lowest BCUT2D eigenvalue weighted by Gasteiger charge is -2.30. The maximum Gasteiger partial charge on any atom is 0.260 e. The summed E-state index contributed by atoms with van der Waals surface area (Å²) in [6, 6.07) is 7.77. The average molecular weight is 385 g/mol. The lowest BCUT2D eigenvalue weighted by molar-refractivity contribution is 0.102. The van der Waals surface area contributed by atoms with Gasteiger partial charge in [-0.15, -0.1) is 11.3 Å². The molecule has 2 heterocycles. The van der Waals surface area contributed by atoms with Gasteiger partial charge in [0.25, 0.3) is 5.91 Å². The van der Waals surface area contributed by atoms with E-state index in [4.69, 9.17) is 9.47 Å². The number of nitrogens with one attached hydrogen (secondary N) is 1. The number of hydrogen-bond donors (Lipinski definition) is 1. The minimum atomic E-state index is -0.301. The molecule has 1 amide bonds. The summed E-state index contributed by atoms with van der Waals surface area (Å²) < 4.78 is 10.5. The number of nitriles is 1. The second-order valence-electron chi connectivity index (χ2n) is 6.65. The molecule has 0 aliphatic carbocycles. The molecule has 0 radical (unpaired) electrons. The van der Waals surface area contributed by atoms with E-state index in [1.54, 1.807) is 25.3 Å². The molecule has 6 nitrogen and oxygen atoms in total. The summed E-state index contributed by atoms with van der Waals surface area (Å²) in [6.07, 6.45) is 0.828. The van der Waals surface area contributed by atoms with E-state index in [0.29, 0.717) is 33.7 Å². The van der Waals surface area contributed by atoms with Crippen LogP contribution in [0.2, 0.25) is 0 Å². The van der Waals surface area contributed by atoms with Crippen LogP contribution in [0.5, 0.6) is 11.5 Å². The van der Waals surface area contributed by atoms with Crippen molar-refractivity contribution in [3.8, 4) is 17.6 Å². The predicted octanol–water partition coefficient (Wildman–Crippen LogP) is 3.66. The van der Waals surface area contributed by atoms with Crippen molar-refractivity contribution in [3.63, 3.8) is 0 Å². The molecule has 0 saturated heterocycles.